The predicted octanol–water partition coefficient (Wildman–Crippen LogP) is 3.48. The van der Waals surface area contributed by atoms with Gasteiger partial charge in [0.1, 0.15) is 11.3 Å². The second-order valence-corrected chi connectivity index (χ2v) is 6.38. The summed E-state index contributed by atoms with van der Waals surface area (Å²) in [5, 5.41) is 15.2. The summed E-state index contributed by atoms with van der Waals surface area (Å²) in [6.45, 7) is 0. The zero-order chi connectivity index (χ0) is 18.5. The van der Waals surface area contributed by atoms with Crippen molar-refractivity contribution < 1.29 is 19.4 Å². The number of nitrogens with one attached hydrogen (secondary N) is 1. The number of phenolic OH excluding ortho intramolecular Hbond substituents is 1. The first-order valence-electron chi connectivity index (χ1n) is 7.78. The van der Waals surface area contributed by atoms with Gasteiger partial charge in [0.05, 0.1) is 17.8 Å². The monoisotopic (exact) mass is 368 g/mol. The van der Waals surface area contributed by atoms with Crippen LogP contribution in [0.15, 0.2) is 53.9 Å². The lowest BCUT2D eigenvalue weighted by molar-refractivity contribution is 0.0597. The molecule has 1 amide bonds. The molecule has 0 aliphatic rings. The highest BCUT2D eigenvalue weighted by molar-refractivity contribution is 7.09. The Morgan fingerprint density at radius 1 is 1.15 bits per heavy atom. The molecule has 0 bridgehead atoms. The SMILES string of the molecule is COC(=O)c1cccc(NC(=O)c2csc(Cc3ccccc3)n2)c1O. The number of methoxy groups -OCH3 is 1. The summed E-state index contributed by atoms with van der Waals surface area (Å²) in [7, 11) is 1.22. The molecule has 2 N–H and O–H groups in total. The van der Waals surface area contributed by atoms with Crippen molar-refractivity contribution in [2.75, 3.05) is 12.4 Å². The number of rotatable bonds is 5. The highest BCUT2D eigenvalue weighted by Gasteiger charge is 2.18. The molecule has 0 fully saturated rings. The van der Waals surface area contributed by atoms with E-state index in [-0.39, 0.29) is 22.7 Å². The van der Waals surface area contributed by atoms with Crippen LogP contribution in [0.2, 0.25) is 0 Å². The number of phenols is 1. The fourth-order valence-electron chi connectivity index (χ4n) is 2.37. The number of esters is 1. The van der Waals surface area contributed by atoms with E-state index in [0.29, 0.717) is 6.42 Å². The van der Waals surface area contributed by atoms with Crippen molar-refractivity contribution >= 4 is 28.9 Å². The largest absolute Gasteiger partial charge is 0.505 e. The summed E-state index contributed by atoms with van der Waals surface area (Å²) in [5.74, 6) is -1.48. The number of ether oxygens (including phenoxy) is 1. The molecule has 0 radical (unpaired) electrons. The molecule has 0 aliphatic carbocycles. The van der Waals surface area contributed by atoms with Gasteiger partial charge in [0.15, 0.2) is 5.75 Å². The van der Waals surface area contributed by atoms with Gasteiger partial charge in [-0.05, 0) is 17.7 Å². The number of aromatic nitrogens is 1. The Kier molecular flexibility index (Phi) is 5.28. The van der Waals surface area contributed by atoms with Gasteiger partial charge < -0.3 is 15.2 Å². The van der Waals surface area contributed by atoms with Crippen LogP contribution in [-0.2, 0) is 11.2 Å². The summed E-state index contributed by atoms with van der Waals surface area (Å²) < 4.78 is 4.60. The van der Waals surface area contributed by atoms with Crippen molar-refractivity contribution in [1.29, 1.82) is 0 Å². The van der Waals surface area contributed by atoms with Crippen LogP contribution in [0.3, 0.4) is 0 Å². The number of para-hydroxylation sites is 1. The van der Waals surface area contributed by atoms with Crippen molar-refractivity contribution in [1.82, 2.24) is 4.98 Å². The van der Waals surface area contributed by atoms with Gasteiger partial charge in [0.2, 0.25) is 0 Å². The van der Waals surface area contributed by atoms with Crippen LogP contribution in [0, 0.1) is 0 Å². The Balaban J connectivity index is 1.74. The smallest absolute Gasteiger partial charge is 0.341 e. The van der Waals surface area contributed by atoms with Crippen molar-refractivity contribution in [3.05, 3.63) is 75.7 Å². The lowest BCUT2D eigenvalue weighted by Crippen LogP contribution is -2.13. The molecule has 0 aliphatic heterocycles. The molecule has 0 saturated carbocycles. The molecule has 1 aromatic heterocycles. The van der Waals surface area contributed by atoms with Crippen LogP contribution in [0.1, 0.15) is 31.4 Å². The summed E-state index contributed by atoms with van der Waals surface area (Å²) in [5.41, 5.74) is 1.46. The number of nitrogens with zero attached hydrogens (tertiary/aromatic N) is 1. The van der Waals surface area contributed by atoms with Crippen LogP contribution in [0.5, 0.6) is 5.75 Å². The van der Waals surface area contributed by atoms with Gasteiger partial charge in [-0.1, -0.05) is 36.4 Å². The predicted molar refractivity (Wildman–Crippen MR) is 98.8 cm³/mol. The highest BCUT2D eigenvalue weighted by Crippen LogP contribution is 2.28. The second-order valence-electron chi connectivity index (χ2n) is 5.44. The van der Waals surface area contributed by atoms with E-state index < -0.39 is 11.9 Å². The Bertz CT molecular complexity index is 938. The number of carbonyl (C=O) groups excluding carboxylic acids is 2. The molecule has 6 nitrogen and oxygen atoms in total. The van der Waals surface area contributed by atoms with E-state index in [9.17, 15) is 14.7 Å². The van der Waals surface area contributed by atoms with Crippen molar-refractivity contribution in [2.45, 2.75) is 6.42 Å². The minimum Gasteiger partial charge on any atom is -0.505 e. The number of aromatic hydroxyl groups is 1. The molecule has 2 aromatic carbocycles. The topological polar surface area (TPSA) is 88.5 Å². The van der Waals surface area contributed by atoms with E-state index in [2.05, 4.69) is 15.0 Å². The number of anilines is 1. The third-order valence-corrected chi connectivity index (χ3v) is 4.52. The van der Waals surface area contributed by atoms with Crippen LogP contribution in [0.25, 0.3) is 0 Å². The summed E-state index contributed by atoms with van der Waals surface area (Å²) in [6.07, 6.45) is 0.641. The summed E-state index contributed by atoms with van der Waals surface area (Å²) in [6, 6.07) is 14.3. The normalized spacial score (nSPS) is 10.3. The Labute approximate surface area is 154 Å². The average Bonchev–Trinajstić information content (AvgIpc) is 3.12. The van der Waals surface area contributed by atoms with Gasteiger partial charge in [-0.3, -0.25) is 4.79 Å². The summed E-state index contributed by atoms with van der Waals surface area (Å²) in [4.78, 5) is 28.3. The Hall–Kier alpha value is -3.19. The number of carbonyl (C=O) groups is 2. The zero-order valence-corrected chi connectivity index (χ0v) is 14.7. The minimum absolute atomic E-state index is 0.0201. The quantitative estimate of drug-likeness (QED) is 0.532. The molecule has 0 unspecified atom stereocenters. The fourth-order valence-corrected chi connectivity index (χ4v) is 3.18. The van der Waals surface area contributed by atoms with Gasteiger partial charge in [0.25, 0.3) is 5.91 Å². The molecule has 0 atom stereocenters. The Morgan fingerprint density at radius 2 is 1.92 bits per heavy atom. The maximum absolute atomic E-state index is 12.4. The number of hydrogen-bond donors (Lipinski definition) is 2. The fraction of sp³-hybridized carbons (Fsp3) is 0.105. The molecule has 0 spiro atoms. The first-order chi connectivity index (χ1) is 12.6. The van der Waals surface area contributed by atoms with Crippen LogP contribution in [-0.4, -0.2) is 29.1 Å². The third-order valence-electron chi connectivity index (χ3n) is 3.67. The Morgan fingerprint density at radius 3 is 2.65 bits per heavy atom. The minimum atomic E-state index is -0.683. The summed E-state index contributed by atoms with van der Waals surface area (Å²) >= 11 is 1.39. The molecule has 26 heavy (non-hydrogen) atoms. The second kappa shape index (κ2) is 7.79. The van der Waals surface area contributed by atoms with Gasteiger partial charge in [-0.15, -0.1) is 11.3 Å². The van der Waals surface area contributed by atoms with E-state index in [1.165, 1.54) is 30.6 Å². The van der Waals surface area contributed by atoms with E-state index in [1.807, 2.05) is 30.3 Å². The number of benzene rings is 2. The van der Waals surface area contributed by atoms with Crippen LogP contribution in [0.4, 0.5) is 5.69 Å². The number of hydrogen-bond acceptors (Lipinski definition) is 6. The van der Waals surface area contributed by atoms with E-state index >= 15 is 0 Å². The zero-order valence-electron chi connectivity index (χ0n) is 13.9. The molecule has 3 aromatic rings. The van der Waals surface area contributed by atoms with Crippen molar-refractivity contribution in [3.63, 3.8) is 0 Å². The van der Waals surface area contributed by atoms with E-state index in [0.717, 1.165) is 10.6 Å². The van der Waals surface area contributed by atoms with E-state index in [1.54, 1.807) is 11.4 Å². The molecule has 132 valence electrons. The average molecular weight is 368 g/mol. The van der Waals surface area contributed by atoms with Crippen LogP contribution < -0.4 is 5.32 Å². The molecule has 7 heteroatoms. The first-order valence-corrected chi connectivity index (χ1v) is 8.66. The van der Waals surface area contributed by atoms with Crippen LogP contribution >= 0.6 is 11.3 Å². The van der Waals surface area contributed by atoms with Crippen molar-refractivity contribution in [3.8, 4) is 5.75 Å². The van der Waals surface area contributed by atoms with E-state index in [4.69, 9.17) is 0 Å². The van der Waals surface area contributed by atoms with Gasteiger partial charge in [-0.25, -0.2) is 9.78 Å². The molecule has 1 heterocycles. The van der Waals surface area contributed by atoms with Crippen molar-refractivity contribution in [2.24, 2.45) is 0 Å². The molecular weight excluding hydrogens is 352 g/mol. The first kappa shape index (κ1) is 17.6. The highest BCUT2D eigenvalue weighted by atomic mass is 32.1. The maximum Gasteiger partial charge on any atom is 0.341 e. The third kappa shape index (κ3) is 3.89. The standard InChI is InChI=1S/C19H16N2O4S/c1-25-19(24)13-8-5-9-14(17(13)22)21-18(23)15-11-26-16(20-15)10-12-6-3-2-4-7-12/h2-9,11,22H,10H2,1H3,(H,21,23). The number of thiazole rings is 1. The lowest BCUT2D eigenvalue weighted by Gasteiger charge is -2.09. The lowest BCUT2D eigenvalue weighted by atomic mass is 10.1. The van der Waals surface area contributed by atoms with Gasteiger partial charge >= 0.3 is 5.97 Å². The molecule has 3 rings (SSSR count). The number of amides is 1. The van der Waals surface area contributed by atoms with Gasteiger partial charge in [0, 0.05) is 11.8 Å². The molecular formula is C19H16N2O4S. The maximum atomic E-state index is 12.4. The van der Waals surface area contributed by atoms with Gasteiger partial charge in [-0.2, -0.15) is 0 Å². The molecule has 0 saturated heterocycles.